The van der Waals surface area contributed by atoms with Crippen molar-refractivity contribution in [2.45, 2.75) is 57.3 Å². The number of piperidine rings is 1. The summed E-state index contributed by atoms with van der Waals surface area (Å²) in [5, 5.41) is 35.1. The van der Waals surface area contributed by atoms with Crippen molar-refractivity contribution in [1.82, 2.24) is 35.1 Å². The molecule has 2 saturated heterocycles. The molecule has 2 aromatic carbocycles. The quantitative estimate of drug-likeness (QED) is 0.0953. The number of phenolic OH excluding ortho intramolecular Hbond substituents is 1. The van der Waals surface area contributed by atoms with Crippen molar-refractivity contribution in [2.75, 3.05) is 45.9 Å². The van der Waals surface area contributed by atoms with E-state index in [4.69, 9.17) is 9.84 Å². The summed E-state index contributed by atoms with van der Waals surface area (Å²) in [6, 6.07) is 9.12. The van der Waals surface area contributed by atoms with E-state index in [0.717, 1.165) is 53.9 Å². The van der Waals surface area contributed by atoms with Crippen molar-refractivity contribution in [3.63, 3.8) is 0 Å². The zero-order valence-electron chi connectivity index (χ0n) is 31.3. The lowest BCUT2D eigenvalue weighted by molar-refractivity contribution is -0.128. The third-order valence-corrected chi connectivity index (χ3v) is 12.0. The van der Waals surface area contributed by atoms with Crippen LogP contribution in [0.2, 0.25) is 0 Å². The largest absolute Gasteiger partial charge is 0.506 e. The number of rotatable bonds is 11. The third kappa shape index (κ3) is 10.3. The summed E-state index contributed by atoms with van der Waals surface area (Å²) in [4.78, 5) is 71.0. The molecule has 3 aromatic heterocycles. The van der Waals surface area contributed by atoms with Crippen LogP contribution in [-0.2, 0) is 17.7 Å². The molecule has 57 heavy (non-hydrogen) atoms. The van der Waals surface area contributed by atoms with Gasteiger partial charge in [0.1, 0.15) is 28.5 Å². The minimum Gasteiger partial charge on any atom is -0.506 e. The highest BCUT2D eigenvalue weighted by Gasteiger charge is 2.41. The van der Waals surface area contributed by atoms with Gasteiger partial charge in [-0.2, -0.15) is 0 Å². The van der Waals surface area contributed by atoms with E-state index in [1.165, 1.54) is 23.5 Å². The Hall–Kier alpha value is -5.05. The minimum absolute atomic E-state index is 0.0206. The van der Waals surface area contributed by atoms with Gasteiger partial charge in [0.25, 0.3) is 11.5 Å². The SMILES string of the molecule is CC(C)c1nc(C(=O)N2CCOC3(CCN(Cc4ccc(F)c(CCNC[C@H](O)c5ccc(O)c6[nH]c(=O)sc56)c4)CC3)C2)cs1.O=C(O)c1cc(=O)[nH]c(=O)[nH]1. The molecule has 0 unspecified atom stereocenters. The van der Waals surface area contributed by atoms with Crippen LogP contribution in [-0.4, -0.2) is 108 Å². The molecule has 16 nitrogen and oxygen atoms in total. The number of thiazole rings is 2. The molecule has 7 N–H and O–H groups in total. The lowest BCUT2D eigenvalue weighted by Gasteiger charge is -2.47. The molecule has 1 amide bonds. The molecule has 2 fully saturated rings. The Morgan fingerprint density at radius 3 is 2.54 bits per heavy atom. The van der Waals surface area contributed by atoms with Crippen LogP contribution in [0.15, 0.2) is 56.2 Å². The number of nitrogens with zero attached hydrogens (tertiary/aromatic N) is 3. The average molecular weight is 826 g/mol. The number of morpholine rings is 1. The number of aliphatic hydroxyl groups excluding tert-OH is 1. The van der Waals surface area contributed by atoms with Crippen LogP contribution < -0.4 is 21.4 Å². The summed E-state index contributed by atoms with van der Waals surface area (Å²) in [6.45, 7) is 8.84. The van der Waals surface area contributed by atoms with E-state index in [-0.39, 0.29) is 34.5 Å². The maximum atomic E-state index is 14.7. The number of aromatic amines is 3. The van der Waals surface area contributed by atoms with Gasteiger partial charge in [0.15, 0.2) is 0 Å². The summed E-state index contributed by atoms with van der Waals surface area (Å²) in [7, 11) is 0. The van der Waals surface area contributed by atoms with Crippen LogP contribution in [0.4, 0.5) is 4.39 Å². The van der Waals surface area contributed by atoms with Crippen LogP contribution in [0.5, 0.6) is 5.75 Å². The number of carbonyl (C=O) groups is 2. The average Bonchev–Trinajstić information content (AvgIpc) is 3.83. The number of hydrogen-bond donors (Lipinski definition) is 7. The molecule has 0 radical (unpaired) electrons. The first-order chi connectivity index (χ1) is 27.2. The second kappa shape index (κ2) is 18.0. The monoisotopic (exact) mass is 825 g/mol. The van der Waals surface area contributed by atoms with E-state index in [1.807, 2.05) is 32.4 Å². The number of aromatic hydroxyl groups is 1. The summed E-state index contributed by atoms with van der Waals surface area (Å²) in [6.07, 6.45) is 1.20. The molecule has 0 bridgehead atoms. The second-order valence-electron chi connectivity index (χ2n) is 14.4. The van der Waals surface area contributed by atoms with E-state index in [9.17, 15) is 38.6 Å². The molecular weight excluding hydrogens is 782 g/mol. The molecule has 2 aliphatic rings. The first-order valence-electron chi connectivity index (χ1n) is 18.4. The molecule has 5 heterocycles. The van der Waals surface area contributed by atoms with Crippen LogP contribution in [0.1, 0.15) is 81.4 Å². The Bertz CT molecular complexity index is 2370. The molecule has 304 valence electrons. The van der Waals surface area contributed by atoms with Crippen molar-refractivity contribution in [3.05, 3.63) is 111 Å². The molecule has 1 atom stereocenters. The number of halogens is 1. The molecule has 0 saturated carbocycles. The van der Waals surface area contributed by atoms with Crippen LogP contribution in [0.3, 0.4) is 0 Å². The smallest absolute Gasteiger partial charge is 0.352 e. The number of hydrogen-bond acceptors (Lipinski definition) is 13. The topological polar surface area (TPSA) is 234 Å². The van der Waals surface area contributed by atoms with Crippen molar-refractivity contribution in [2.24, 2.45) is 0 Å². The van der Waals surface area contributed by atoms with Crippen molar-refractivity contribution < 1.29 is 34.0 Å². The van der Waals surface area contributed by atoms with Crippen LogP contribution in [0.25, 0.3) is 10.2 Å². The number of carboxylic acid groups (broad SMARTS) is 1. The number of H-pyrrole nitrogens is 3. The first-order valence-corrected chi connectivity index (χ1v) is 20.1. The number of ether oxygens (including phenoxy) is 1. The highest BCUT2D eigenvalue weighted by molar-refractivity contribution is 7.16. The number of carboxylic acids is 1. The van der Waals surface area contributed by atoms with E-state index in [1.54, 1.807) is 6.07 Å². The second-order valence-corrected chi connectivity index (χ2v) is 16.2. The zero-order chi connectivity index (χ0) is 40.9. The number of carbonyl (C=O) groups excluding carboxylic acids is 1. The van der Waals surface area contributed by atoms with Crippen molar-refractivity contribution in [3.8, 4) is 5.75 Å². The number of amides is 1. The molecule has 1 spiro atoms. The highest BCUT2D eigenvalue weighted by Crippen LogP contribution is 2.33. The van der Waals surface area contributed by atoms with Gasteiger partial charge in [-0.05, 0) is 49.1 Å². The van der Waals surface area contributed by atoms with Gasteiger partial charge in [0.2, 0.25) is 0 Å². The van der Waals surface area contributed by atoms with E-state index >= 15 is 0 Å². The number of aromatic carboxylic acids is 1. The van der Waals surface area contributed by atoms with Gasteiger partial charge >= 0.3 is 16.5 Å². The summed E-state index contributed by atoms with van der Waals surface area (Å²) in [5.74, 6) is -1.36. The van der Waals surface area contributed by atoms with Gasteiger partial charge in [0.05, 0.1) is 34.6 Å². The van der Waals surface area contributed by atoms with Crippen molar-refractivity contribution in [1.29, 1.82) is 0 Å². The fourth-order valence-electron chi connectivity index (χ4n) is 6.89. The fourth-order valence-corrected chi connectivity index (χ4v) is 8.61. The minimum atomic E-state index is -1.34. The number of aliphatic hydroxyl groups is 1. The highest BCUT2D eigenvalue weighted by atomic mass is 32.1. The Labute approximate surface area is 333 Å². The molecule has 2 aliphatic heterocycles. The summed E-state index contributed by atoms with van der Waals surface area (Å²) in [5.41, 5.74) is 0.721. The van der Waals surface area contributed by atoms with Crippen molar-refractivity contribution >= 4 is 44.8 Å². The molecule has 5 aromatic rings. The number of aromatic nitrogens is 4. The normalized spacial score (nSPS) is 16.1. The van der Waals surface area contributed by atoms with E-state index < -0.39 is 29.0 Å². The molecule has 0 aliphatic carbocycles. The number of fused-ring (bicyclic) bond motifs is 1. The van der Waals surface area contributed by atoms with Gasteiger partial charge in [-0.3, -0.25) is 24.3 Å². The third-order valence-electron chi connectivity index (χ3n) is 9.90. The molecule has 7 rings (SSSR count). The maximum absolute atomic E-state index is 14.7. The standard InChI is InChI=1S/C33H40FN5O5S2.C5H4N2O4/c1-20(2)30-36-25(18-45-30)31(42)39-13-14-44-33(19-39)8-11-38(12-9-33)17-21-3-5-24(34)22(15-21)7-10-35-16-27(41)23-4-6-26(40)28-29(23)46-32(43)37-28;8-3-1-2(4(9)10)6-5(11)7-3/h3-6,15,18,20,27,35,40-41H,7-14,16-17,19H2,1-2H3,(H,37,43);1H,(H,9,10)(H2,6,7,8,11)/t27-;/m0./s1. The lowest BCUT2D eigenvalue weighted by Crippen LogP contribution is -2.58. The predicted molar refractivity (Wildman–Crippen MR) is 212 cm³/mol. The number of phenols is 1. The van der Waals surface area contributed by atoms with Crippen LogP contribution >= 0.6 is 22.7 Å². The summed E-state index contributed by atoms with van der Waals surface area (Å²) >= 11 is 2.48. The summed E-state index contributed by atoms with van der Waals surface area (Å²) < 4.78 is 21.5. The number of nitrogens with one attached hydrogen (secondary N) is 4. The Balaban J connectivity index is 0.000000432. The maximum Gasteiger partial charge on any atom is 0.352 e. The zero-order valence-corrected chi connectivity index (χ0v) is 32.9. The Kier molecular flexibility index (Phi) is 13.2. The number of benzene rings is 2. The van der Waals surface area contributed by atoms with Gasteiger partial charge in [0, 0.05) is 55.7 Å². The fraction of sp³-hybridized carbons (Fsp3) is 0.421. The molecule has 19 heteroatoms. The van der Waals surface area contributed by atoms with Gasteiger partial charge in [-0.1, -0.05) is 43.4 Å². The predicted octanol–water partition coefficient (Wildman–Crippen LogP) is 3.15. The Morgan fingerprint density at radius 2 is 1.84 bits per heavy atom. The van der Waals surface area contributed by atoms with E-state index in [0.29, 0.717) is 72.2 Å². The Morgan fingerprint density at radius 1 is 1.07 bits per heavy atom. The van der Waals surface area contributed by atoms with E-state index in [2.05, 4.69) is 34.0 Å². The lowest BCUT2D eigenvalue weighted by atomic mass is 9.89. The van der Waals surface area contributed by atoms with Gasteiger partial charge < -0.3 is 40.2 Å². The van der Waals surface area contributed by atoms with Crippen LogP contribution in [0, 0.1) is 5.82 Å². The number of likely N-dealkylation sites (tertiary alicyclic amines) is 1. The molecular formula is C38H44FN7O9S2. The first kappa shape index (κ1) is 41.6. The van der Waals surface area contributed by atoms with Gasteiger partial charge in [-0.25, -0.2) is 19.0 Å². The van der Waals surface area contributed by atoms with Gasteiger partial charge in [-0.15, -0.1) is 11.3 Å².